The van der Waals surface area contributed by atoms with Gasteiger partial charge >= 0.3 is 12.1 Å². The van der Waals surface area contributed by atoms with Gasteiger partial charge < -0.3 is 14.8 Å². The number of nitrogens with one attached hydrogen (secondary N) is 1. The number of fused-ring (bicyclic) bond motifs is 1. The summed E-state index contributed by atoms with van der Waals surface area (Å²) in [4.78, 5) is 40.8. The lowest BCUT2D eigenvalue weighted by molar-refractivity contribution is -0.153. The van der Waals surface area contributed by atoms with Crippen molar-refractivity contribution in [2.24, 2.45) is 0 Å². The van der Waals surface area contributed by atoms with Gasteiger partial charge in [-0.2, -0.15) is 0 Å². The Morgan fingerprint density at radius 3 is 2.24 bits per heavy atom. The summed E-state index contributed by atoms with van der Waals surface area (Å²) in [7, 11) is 0. The molecule has 0 radical (unpaired) electrons. The number of rotatable bonds is 7. The van der Waals surface area contributed by atoms with Crippen LogP contribution in [0, 0.1) is 0 Å². The van der Waals surface area contributed by atoms with Crippen molar-refractivity contribution in [2.75, 3.05) is 10.2 Å². The van der Waals surface area contributed by atoms with Gasteiger partial charge in [0.1, 0.15) is 22.7 Å². The van der Waals surface area contributed by atoms with Crippen LogP contribution in [0.4, 0.5) is 4.79 Å². The second-order valence-electron chi connectivity index (χ2n) is 9.57. The zero-order valence-corrected chi connectivity index (χ0v) is 23.8. The zero-order valence-electron chi connectivity index (χ0n) is 20.8. The lowest BCUT2D eigenvalue weighted by atomic mass is 10.0. The van der Waals surface area contributed by atoms with E-state index < -0.39 is 35.2 Å². The second kappa shape index (κ2) is 11.7. The van der Waals surface area contributed by atoms with E-state index in [1.807, 2.05) is 72.8 Å². The molecule has 4 rings (SSSR count). The third kappa shape index (κ3) is 6.38. The first-order valence-corrected chi connectivity index (χ1v) is 14.5. The maximum atomic E-state index is 13.7. The Morgan fingerprint density at radius 2 is 1.70 bits per heavy atom. The highest BCUT2D eigenvalue weighted by molar-refractivity contribution is 14.1. The first-order valence-electron chi connectivity index (χ1n) is 11.9. The molecule has 2 aliphatic heterocycles. The average molecular weight is 633 g/mol. The highest BCUT2D eigenvalue weighted by Crippen LogP contribution is 2.42. The number of halogens is 1. The molecule has 7 nitrogen and oxygen atoms in total. The van der Waals surface area contributed by atoms with Crippen LogP contribution in [-0.2, 0) is 19.1 Å². The van der Waals surface area contributed by atoms with Gasteiger partial charge in [-0.05, 0) is 37.5 Å². The van der Waals surface area contributed by atoms with Gasteiger partial charge in [-0.25, -0.2) is 9.59 Å². The molecule has 1 N–H and O–H groups in total. The maximum absolute atomic E-state index is 13.7. The predicted molar refractivity (Wildman–Crippen MR) is 152 cm³/mol. The zero-order chi connectivity index (χ0) is 26.6. The second-order valence-corrected chi connectivity index (χ2v) is 11.6. The van der Waals surface area contributed by atoms with Crippen molar-refractivity contribution in [2.45, 2.75) is 43.9 Å². The molecule has 0 aliphatic carbocycles. The van der Waals surface area contributed by atoms with Gasteiger partial charge in [0.15, 0.2) is 6.10 Å². The lowest BCUT2D eigenvalue weighted by Gasteiger charge is -2.49. The van der Waals surface area contributed by atoms with Crippen LogP contribution in [0.2, 0.25) is 0 Å². The number of ether oxygens (including phenoxy) is 2. The third-order valence-corrected chi connectivity index (χ3v) is 7.51. The van der Waals surface area contributed by atoms with Crippen LogP contribution < -0.4 is 5.32 Å². The van der Waals surface area contributed by atoms with Crippen LogP contribution >= 0.6 is 34.4 Å². The summed E-state index contributed by atoms with van der Waals surface area (Å²) >= 11 is 3.71. The highest BCUT2D eigenvalue weighted by Gasteiger charge is 2.54. The number of hydrogen-bond acceptors (Lipinski definition) is 6. The van der Waals surface area contributed by atoms with E-state index >= 15 is 0 Å². The summed E-state index contributed by atoms with van der Waals surface area (Å²) in [5.41, 5.74) is 1.90. The van der Waals surface area contributed by atoms with E-state index in [9.17, 15) is 14.4 Å². The van der Waals surface area contributed by atoms with Gasteiger partial charge in [0.25, 0.3) is 5.91 Å². The van der Waals surface area contributed by atoms with Crippen LogP contribution in [-0.4, -0.2) is 50.1 Å². The van der Waals surface area contributed by atoms with Gasteiger partial charge in [0.05, 0.1) is 0 Å². The normalized spacial score (nSPS) is 19.5. The van der Waals surface area contributed by atoms with E-state index in [2.05, 4.69) is 27.9 Å². The topological polar surface area (TPSA) is 84.9 Å². The van der Waals surface area contributed by atoms with Gasteiger partial charge in [-0.3, -0.25) is 9.69 Å². The molecule has 2 atom stereocenters. The van der Waals surface area contributed by atoms with Gasteiger partial charge in [-0.1, -0.05) is 95.4 Å². The van der Waals surface area contributed by atoms with Gasteiger partial charge in [0, 0.05) is 10.2 Å². The van der Waals surface area contributed by atoms with E-state index in [1.54, 1.807) is 20.8 Å². The van der Waals surface area contributed by atoms with Crippen molar-refractivity contribution < 1.29 is 23.9 Å². The fourth-order valence-electron chi connectivity index (χ4n) is 4.13. The molecular weight excluding hydrogens is 603 g/mol. The van der Waals surface area contributed by atoms with Gasteiger partial charge in [0.2, 0.25) is 0 Å². The van der Waals surface area contributed by atoms with Crippen LogP contribution in [0.25, 0.3) is 0 Å². The third-order valence-electron chi connectivity index (χ3n) is 5.70. The SMILES string of the molecule is CC(C)(C)OC(=O)NC1C(=O)N2C(C(=O)OC(c3ccccc3)c3ccccc3)=C(/C=C/CI)CS[C@@H]12. The fraction of sp³-hybridized carbons (Fsp3) is 0.321. The summed E-state index contributed by atoms with van der Waals surface area (Å²) in [6.45, 7) is 5.28. The van der Waals surface area contributed by atoms with Crippen molar-refractivity contribution in [3.63, 3.8) is 0 Å². The van der Waals surface area contributed by atoms with Crippen LogP contribution in [0.3, 0.4) is 0 Å². The number of carbonyl (C=O) groups is 3. The number of esters is 1. The first kappa shape index (κ1) is 27.3. The molecule has 194 valence electrons. The number of alkyl halides is 1. The molecule has 9 heteroatoms. The lowest BCUT2D eigenvalue weighted by Crippen LogP contribution is -2.70. The van der Waals surface area contributed by atoms with Gasteiger partial charge in [-0.15, -0.1) is 11.8 Å². The number of β-lactam (4-membered cyclic amide) rings is 1. The van der Waals surface area contributed by atoms with E-state index in [0.29, 0.717) is 11.3 Å². The van der Waals surface area contributed by atoms with Crippen LogP contribution in [0.5, 0.6) is 0 Å². The van der Waals surface area contributed by atoms with E-state index in [1.165, 1.54) is 16.7 Å². The molecule has 0 bridgehead atoms. The average Bonchev–Trinajstić information content (AvgIpc) is 2.88. The number of carbonyl (C=O) groups excluding carboxylic acids is 3. The Bertz CT molecular complexity index is 1170. The molecule has 0 saturated carbocycles. The molecule has 2 aromatic carbocycles. The molecule has 2 aromatic rings. The number of thioether (sulfide) groups is 1. The molecule has 0 spiro atoms. The number of alkyl carbamates (subject to hydrolysis) is 1. The van der Waals surface area contributed by atoms with Crippen molar-refractivity contribution in [1.29, 1.82) is 0 Å². The van der Waals surface area contributed by atoms with Crippen molar-refractivity contribution in [1.82, 2.24) is 10.2 Å². The van der Waals surface area contributed by atoms with Crippen LogP contribution in [0.15, 0.2) is 84.1 Å². The minimum atomic E-state index is -0.781. The Hall–Kier alpha value is -2.79. The molecule has 1 fully saturated rings. The van der Waals surface area contributed by atoms with Crippen LogP contribution in [0.1, 0.15) is 38.0 Å². The summed E-state index contributed by atoms with van der Waals surface area (Å²) in [6, 6.07) is 18.2. The predicted octanol–water partition coefficient (Wildman–Crippen LogP) is 5.37. The van der Waals surface area contributed by atoms with Crippen molar-refractivity contribution >= 4 is 52.3 Å². The minimum absolute atomic E-state index is 0.217. The number of allylic oxidation sites excluding steroid dienone is 2. The van der Waals surface area contributed by atoms with E-state index in [4.69, 9.17) is 9.47 Å². The largest absolute Gasteiger partial charge is 0.448 e. The standard InChI is InChI=1S/C28H29IN2O5S/c1-28(2,3)36-27(34)30-21-24(32)31-22(20(15-10-16-29)17-37-25(21)31)26(33)35-23(18-11-6-4-7-12-18)19-13-8-5-9-14-19/h4-15,21,23,25H,16-17H2,1-3H3,(H,30,34)/b15-10+/t21?,25-/m0/s1. The molecule has 0 aromatic heterocycles. The smallest absolute Gasteiger partial charge is 0.408 e. The monoisotopic (exact) mass is 632 g/mol. The fourth-order valence-corrected chi connectivity index (χ4v) is 5.70. The summed E-state index contributed by atoms with van der Waals surface area (Å²) in [5.74, 6) is -0.452. The Kier molecular flexibility index (Phi) is 8.63. The molecular formula is C28H29IN2O5S. The first-order chi connectivity index (χ1) is 17.7. The van der Waals surface area contributed by atoms with E-state index in [0.717, 1.165) is 15.6 Å². The molecule has 2 aliphatic rings. The Balaban J connectivity index is 1.62. The summed E-state index contributed by atoms with van der Waals surface area (Å²) < 4.78 is 12.2. The number of nitrogens with zero attached hydrogens (tertiary/aromatic N) is 1. The quantitative estimate of drug-likeness (QED) is 0.191. The Morgan fingerprint density at radius 1 is 1.11 bits per heavy atom. The molecule has 1 unspecified atom stereocenters. The molecule has 2 heterocycles. The van der Waals surface area contributed by atoms with Crippen molar-refractivity contribution in [3.8, 4) is 0 Å². The minimum Gasteiger partial charge on any atom is -0.448 e. The Labute approximate surface area is 234 Å². The van der Waals surface area contributed by atoms with Crippen molar-refractivity contribution in [3.05, 3.63) is 95.2 Å². The molecule has 1 saturated heterocycles. The number of amides is 2. The maximum Gasteiger partial charge on any atom is 0.408 e. The number of hydrogen-bond donors (Lipinski definition) is 1. The number of benzene rings is 2. The summed E-state index contributed by atoms with van der Waals surface area (Å²) in [6.07, 6.45) is 2.51. The summed E-state index contributed by atoms with van der Waals surface area (Å²) in [5, 5.41) is 2.24. The molecule has 37 heavy (non-hydrogen) atoms. The highest BCUT2D eigenvalue weighted by atomic mass is 127. The van der Waals surface area contributed by atoms with E-state index in [-0.39, 0.29) is 11.6 Å². The molecule has 2 amide bonds.